The van der Waals surface area contributed by atoms with Crippen LogP contribution in [-0.4, -0.2) is 18.0 Å². The van der Waals surface area contributed by atoms with Crippen LogP contribution in [0.2, 0.25) is 0 Å². The SMILES string of the molecule is CC(C)(C)C(=O)NC1CC2CC(N)CC2C1. The Balaban J connectivity index is 1.85. The minimum Gasteiger partial charge on any atom is -0.353 e. The zero-order chi connectivity index (χ0) is 11.9. The monoisotopic (exact) mass is 224 g/mol. The normalized spacial score (nSPS) is 38.5. The van der Waals surface area contributed by atoms with E-state index in [0.29, 0.717) is 12.1 Å². The fourth-order valence-electron chi connectivity index (χ4n) is 3.18. The molecule has 0 saturated heterocycles. The van der Waals surface area contributed by atoms with Gasteiger partial charge < -0.3 is 11.1 Å². The number of fused-ring (bicyclic) bond motifs is 1. The number of carbonyl (C=O) groups is 1. The predicted molar refractivity (Wildman–Crippen MR) is 64.8 cm³/mol. The maximum Gasteiger partial charge on any atom is 0.225 e. The first-order valence-corrected chi connectivity index (χ1v) is 6.43. The summed E-state index contributed by atoms with van der Waals surface area (Å²) in [5.41, 5.74) is 5.68. The van der Waals surface area contributed by atoms with Crippen molar-refractivity contribution in [3.8, 4) is 0 Å². The van der Waals surface area contributed by atoms with Gasteiger partial charge in [-0.1, -0.05) is 20.8 Å². The Morgan fingerprint density at radius 2 is 1.62 bits per heavy atom. The molecule has 0 aliphatic heterocycles. The van der Waals surface area contributed by atoms with E-state index in [1.54, 1.807) is 0 Å². The third-order valence-corrected chi connectivity index (χ3v) is 4.07. The minimum atomic E-state index is -0.270. The van der Waals surface area contributed by atoms with Crippen LogP contribution in [0.5, 0.6) is 0 Å². The van der Waals surface area contributed by atoms with Gasteiger partial charge in [0.1, 0.15) is 0 Å². The Hall–Kier alpha value is -0.570. The van der Waals surface area contributed by atoms with Gasteiger partial charge in [0.25, 0.3) is 0 Å². The van der Waals surface area contributed by atoms with Crippen LogP contribution in [0, 0.1) is 17.3 Å². The van der Waals surface area contributed by atoms with Crippen molar-refractivity contribution in [2.75, 3.05) is 0 Å². The van der Waals surface area contributed by atoms with Gasteiger partial charge in [-0.25, -0.2) is 0 Å². The van der Waals surface area contributed by atoms with E-state index in [0.717, 1.165) is 37.5 Å². The molecule has 0 aromatic rings. The van der Waals surface area contributed by atoms with Crippen molar-refractivity contribution in [1.29, 1.82) is 0 Å². The van der Waals surface area contributed by atoms with Crippen LogP contribution < -0.4 is 11.1 Å². The summed E-state index contributed by atoms with van der Waals surface area (Å²) in [6.07, 6.45) is 4.60. The second-order valence-corrected chi connectivity index (χ2v) is 6.64. The lowest BCUT2D eigenvalue weighted by atomic mass is 9.95. The summed E-state index contributed by atoms with van der Waals surface area (Å²) >= 11 is 0. The molecule has 0 aromatic carbocycles. The molecule has 1 amide bonds. The summed E-state index contributed by atoms with van der Waals surface area (Å²) in [7, 11) is 0. The van der Waals surface area contributed by atoms with Gasteiger partial charge in [-0.05, 0) is 37.5 Å². The van der Waals surface area contributed by atoms with Crippen LogP contribution in [0.3, 0.4) is 0 Å². The summed E-state index contributed by atoms with van der Waals surface area (Å²) in [5, 5.41) is 3.18. The van der Waals surface area contributed by atoms with Crippen LogP contribution in [0.1, 0.15) is 46.5 Å². The molecule has 0 spiro atoms. The average Bonchev–Trinajstić information content (AvgIpc) is 2.58. The molecule has 0 bridgehead atoms. The Morgan fingerprint density at radius 3 is 2.06 bits per heavy atom. The van der Waals surface area contributed by atoms with E-state index in [1.807, 2.05) is 20.8 Å². The molecule has 0 radical (unpaired) electrons. The van der Waals surface area contributed by atoms with Crippen LogP contribution in [0.25, 0.3) is 0 Å². The number of rotatable bonds is 1. The van der Waals surface area contributed by atoms with E-state index in [2.05, 4.69) is 5.32 Å². The van der Waals surface area contributed by atoms with Gasteiger partial charge in [-0.2, -0.15) is 0 Å². The Labute approximate surface area is 98.2 Å². The lowest BCUT2D eigenvalue weighted by Crippen LogP contribution is -2.41. The predicted octanol–water partition coefficient (Wildman–Crippen LogP) is 1.66. The molecule has 2 aliphatic carbocycles. The molecule has 16 heavy (non-hydrogen) atoms. The fourth-order valence-corrected chi connectivity index (χ4v) is 3.18. The van der Waals surface area contributed by atoms with Crippen molar-refractivity contribution in [2.45, 2.75) is 58.5 Å². The van der Waals surface area contributed by atoms with Crippen molar-refractivity contribution in [3.05, 3.63) is 0 Å². The van der Waals surface area contributed by atoms with Gasteiger partial charge in [0, 0.05) is 17.5 Å². The highest BCUT2D eigenvalue weighted by Crippen LogP contribution is 2.43. The van der Waals surface area contributed by atoms with E-state index < -0.39 is 0 Å². The molecule has 0 heterocycles. The van der Waals surface area contributed by atoms with Crippen LogP contribution in [0.4, 0.5) is 0 Å². The van der Waals surface area contributed by atoms with Gasteiger partial charge in [0.2, 0.25) is 5.91 Å². The molecule has 2 aliphatic rings. The van der Waals surface area contributed by atoms with Crippen molar-refractivity contribution in [3.63, 3.8) is 0 Å². The van der Waals surface area contributed by atoms with Gasteiger partial charge in [0.15, 0.2) is 0 Å². The smallest absolute Gasteiger partial charge is 0.225 e. The highest BCUT2D eigenvalue weighted by Gasteiger charge is 2.41. The lowest BCUT2D eigenvalue weighted by molar-refractivity contribution is -0.129. The number of carbonyl (C=O) groups excluding carboxylic acids is 1. The molecule has 2 saturated carbocycles. The fraction of sp³-hybridized carbons (Fsp3) is 0.923. The summed E-state index contributed by atoms with van der Waals surface area (Å²) in [5.74, 6) is 1.71. The lowest BCUT2D eigenvalue weighted by Gasteiger charge is -2.22. The van der Waals surface area contributed by atoms with Crippen molar-refractivity contribution in [1.82, 2.24) is 5.32 Å². The van der Waals surface area contributed by atoms with Crippen LogP contribution in [-0.2, 0) is 4.79 Å². The van der Waals surface area contributed by atoms with Gasteiger partial charge >= 0.3 is 0 Å². The van der Waals surface area contributed by atoms with Gasteiger partial charge in [0.05, 0.1) is 0 Å². The molecule has 2 atom stereocenters. The molecule has 0 aromatic heterocycles. The van der Waals surface area contributed by atoms with Crippen LogP contribution >= 0.6 is 0 Å². The minimum absolute atomic E-state index is 0.182. The zero-order valence-electron chi connectivity index (χ0n) is 10.6. The van der Waals surface area contributed by atoms with Gasteiger partial charge in [-0.3, -0.25) is 4.79 Å². The number of amides is 1. The molecule has 92 valence electrons. The third-order valence-electron chi connectivity index (χ3n) is 4.07. The molecular weight excluding hydrogens is 200 g/mol. The van der Waals surface area contributed by atoms with E-state index in [9.17, 15) is 4.79 Å². The highest BCUT2D eigenvalue weighted by molar-refractivity contribution is 5.81. The summed E-state index contributed by atoms with van der Waals surface area (Å²) < 4.78 is 0. The second-order valence-electron chi connectivity index (χ2n) is 6.64. The van der Waals surface area contributed by atoms with Crippen molar-refractivity contribution >= 4 is 5.91 Å². The number of hydrogen-bond donors (Lipinski definition) is 2. The highest BCUT2D eigenvalue weighted by atomic mass is 16.2. The molecule has 3 heteroatoms. The molecule has 2 rings (SSSR count). The molecule has 3 nitrogen and oxygen atoms in total. The summed E-state index contributed by atoms with van der Waals surface area (Å²) in [6, 6.07) is 0.809. The van der Waals surface area contributed by atoms with E-state index in [-0.39, 0.29) is 11.3 Å². The zero-order valence-corrected chi connectivity index (χ0v) is 10.6. The number of nitrogens with two attached hydrogens (primary N) is 1. The first kappa shape index (κ1) is 11.9. The Kier molecular flexibility index (Phi) is 2.99. The topological polar surface area (TPSA) is 55.1 Å². The summed E-state index contributed by atoms with van der Waals surface area (Å²) in [4.78, 5) is 11.9. The van der Waals surface area contributed by atoms with E-state index in [1.165, 1.54) is 0 Å². The van der Waals surface area contributed by atoms with Crippen LogP contribution in [0.15, 0.2) is 0 Å². The van der Waals surface area contributed by atoms with Gasteiger partial charge in [-0.15, -0.1) is 0 Å². The Bertz CT molecular complexity index is 268. The second kappa shape index (κ2) is 4.02. The quantitative estimate of drug-likeness (QED) is 0.712. The number of nitrogens with one attached hydrogen (secondary N) is 1. The maximum absolute atomic E-state index is 11.9. The molecule has 2 fully saturated rings. The third kappa shape index (κ3) is 2.40. The largest absolute Gasteiger partial charge is 0.353 e. The van der Waals surface area contributed by atoms with Crippen molar-refractivity contribution in [2.24, 2.45) is 23.0 Å². The first-order valence-electron chi connectivity index (χ1n) is 6.43. The van der Waals surface area contributed by atoms with E-state index in [4.69, 9.17) is 5.73 Å². The molecule has 2 unspecified atom stereocenters. The first-order chi connectivity index (χ1) is 7.36. The molecule has 3 N–H and O–H groups in total. The van der Waals surface area contributed by atoms with Crippen molar-refractivity contribution < 1.29 is 4.79 Å². The van der Waals surface area contributed by atoms with E-state index >= 15 is 0 Å². The standard InChI is InChI=1S/C13H24N2O/c1-13(2,3)12(16)15-11-6-8-4-10(14)5-9(8)7-11/h8-11H,4-7,14H2,1-3H3,(H,15,16). The molecular formula is C13H24N2O. The summed E-state index contributed by atoms with van der Waals surface area (Å²) in [6.45, 7) is 5.90. The number of hydrogen-bond acceptors (Lipinski definition) is 2. The average molecular weight is 224 g/mol. The maximum atomic E-state index is 11.9. The Morgan fingerprint density at radius 1 is 1.12 bits per heavy atom.